The highest BCUT2D eigenvalue weighted by Crippen LogP contribution is 2.39. The quantitative estimate of drug-likeness (QED) is 0.696. The zero-order valence-electron chi connectivity index (χ0n) is 16.9. The number of aromatic nitrogens is 4. The molecule has 3 aromatic heterocycles. The highest BCUT2D eigenvalue weighted by Gasteiger charge is 2.42. The van der Waals surface area contributed by atoms with E-state index in [9.17, 15) is 0 Å². The van der Waals surface area contributed by atoms with Crippen molar-refractivity contribution in [1.29, 1.82) is 0 Å². The van der Waals surface area contributed by atoms with Crippen molar-refractivity contribution in [3.63, 3.8) is 0 Å². The Morgan fingerprint density at radius 1 is 1.03 bits per heavy atom. The van der Waals surface area contributed by atoms with Gasteiger partial charge in [0.25, 0.3) is 0 Å². The second-order valence-electron chi connectivity index (χ2n) is 8.23. The minimum absolute atomic E-state index is 0.0301. The monoisotopic (exact) mass is 402 g/mol. The molecule has 1 aliphatic carbocycles. The van der Waals surface area contributed by atoms with Gasteiger partial charge in [-0.05, 0) is 61.9 Å². The Morgan fingerprint density at radius 2 is 1.90 bits per heavy atom. The molecule has 0 atom stereocenters. The van der Waals surface area contributed by atoms with Crippen LogP contribution in [0.15, 0.2) is 61.2 Å². The molecule has 154 valence electrons. The van der Waals surface area contributed by atoms with E-state index in [0.717, 1.165) is 61.5 Å². The number of rotatable bonds is 5. The molecule has 0 radical (unpaired) electrons. The smallest absolute Gasteiger partial charge is 0.153 e. The van der Waals surface area contributed by atoms with Gasteiger partial charge in [-0.25, -0.2) is 4.98 Å². The average Bonchev–Trinajstić information content (AvgIpc) is 3.24. The van der Waals surface area contributed by atoms with E-state index in [2.05, 4.69) is 36.4 Å². The molecule has 1 aliphatic heterocycles. The fourth-order valence-electron chi connectivity index (χ4n) is 4.43. The second-order valence-corrected chi connectivity index (χ2v) is 8.23. The summed E-state index contributed by atoms with van der Waals surface area (Å²) in [6.45, 7) is 2.46. The highest BCUT2D eigenvalue weighted by molar-refractivity contribution is 5.62. The van der Waals surface area contributed by atoms with Gasteiger partial charge in [-0.3, -0.25) is 4.98 Å². The topological polar surface area (TPSA) is 76.1 Å². The van der Waals surface area contributed by atoms with E-state index in [1.807, 2.05) is 42.7 Å². The maximum atomic E-state index is 6.24. The molecule has 3 aromatic rings. The second kappa shape index (κ2) is 8.36. The lowest BCUT2D eigenvalue weighted by Crippen LogP contribution is -2.39. The van der Waals surface area contributed by atoms with Crippen LogP contribution < -0.4 is 10.2 Å². The molecule has 2 fully saturated rings. The van der Waals surface area contributed by atoms with Crippen molar-refractivity contribution in [1.82, 2.24) is 20.2 Å². The number of nitrogens with zero attached hydrogens (tertiary/aromatic N) is 5. The van der Waals surface area contributed by atoms with Crippen LogP contribution in [0.1, 0.15) is 25.7 Å². The van der Waals surface area contributed by atoms with Crippen LogP contribution in [-0.4, -0.2) is 45.6 Å². The predicted molar refractivity (Wildman–Crippen MR) is 116 cm³/mol. The van der Waals surface area contributed by atoms with Crippen LogP contribution in [0.2, 0.25) is 0 Å². The number of ether oxygens (including phenoxy) is 1. The summed E-state index contributed by atoms with van der Waals surface area (Å²) in [7, 11) is 0. The van der Waals surface area contributed by atoms with Crippen LogP contribution >= 0.6 is 0 Å². The molecule has 7 heteroatoms. The molecular weight excluding hydrogens is 376 g/mol. The number of anilines is 2. The largest absolute Gasteiger partial charge is 0.370 e. The van der Waals surface area contributed by atoms with Crippen molar-refractivity contribution in [2.45, 2.75) is 31.3 Å². The number of nitrogens with one attached hydrogen (secondary N) is 1. The van der Waals surface area contributed by atoms with Crippen molar-refractivity contribution < 1.29 is 4.74 Å². The Balaban J connectivity index is 1.11. The molecule has 1 saturated heterocycles. The lowest BCUT2D eigenvalue weighted by molar-refractivity contribution is -0.0258. The van der Waals surface area contributed by atoms with Gasteiger partial charge in [-0.1, -0.05) is 6.07 Å². The lowest BCUT2D eigenvalue weighted by Gasteiger charge is -2.36. The minimum atomic E-state index is -0.0301. The highest BCUT2D eigenvalue weighted by atomic mass is 16.5. The van der Waals surface area contributed by atoms with E-state index < -0.39 is 0 Å². The number of hydrogen-bond acceptors (Lipinski definition) is 7. The lowest BCUT2D eigenvalue weighted by atomic mass is 9.78. The maximum Gasteiger partial charge on any atom is 0.153 e. The van der Waals surface area contributed by atoms with E-state index in [0.29, 0.717) is 12.6 Å². The first-order chi connectivity index (χ1) is 14.8. The first-order valence-corrected chi connectivity index (χ1v) is 10.6. The van der Waals surface area contributed by atoms with Crippen molar-refractivity contribution in [2.75, 3.05) is 30.0 Å². The summed E-state index contributed by atoms with van der Waals surface area (Å²) in [6, 6.07) is 12.1. The van der Waals surface area contributed by atoms with Gasteiger partial charge in [0.1, 0.15) is 12.5 Å². The van der Waals surface area contributed by atoms with Gasteiger partial charge in [0.2, 0.25) is 0 Å². The summed E-state index contributed by atoms with van der Waals surface area (Å²) >= 11 is 0. The summed E-state index contributed by atoms with van der Waals surface area (Å²) in [6.07, 6.45) is 11.7. The molecule has 0 amide bonds. The van der Waals surface area contributed by atoms with Crippen molar-refractivity contribution in [3.8, 4) is 11.1 Å². The molecule has 1 saturated carbocycles. The standard InChI is InChI=1S/C23H26N6O/c1-3-19(14-24-11-1)20-5-6-21(26-15-20)25-13-18-7-9-23(10-8-18)16-29(17-30-23)22-4-2-12-27-28-22/h1-6,11-12,14-15,18H,7-10,13,16-17H2,(H,25,26). The van der Waals surface area contributed by atoms with E-state index in [1.54, 1.807) is 12.4 Å². The molecule has 1 N–H and O–H groups in total. The fourth-order valence-corrected chi connectivity index (χ4v) is 4.43. The summed E-state index contributed by atoms with van der Waals surface area (Å²) in [5.74, 6) is 2.47. The van der Waals surface area contributed by atoms with Crippen molar-refractivity contribution in [2.24, 2.45) is 5.92 Å². The van der Waals surface area contributed by atoms with E-state index in [4.69, 9.17) is 4.74 Å². The van der Waals surface area contributed by atoms with Gasteiger partial charge in [-0.2, -0.15) is 5.10 Å². The van der Waals surface area contributed by atoms with Gasteiger partial charge < -0.3 is 15.0 Å². The third kappa shape index (κ3) is 4.11. The zero-order chi connectivity index (χ0) is 20.2. The maximum absolute atomic E-state index is 6.24. The van der Waals surface area contributed by atoms with Gasteiger partial charge in [0.15, 0.2) is 5.82 Å². The van der Waals surface area contributed by atoms with Gasteiger partial charge in [0.05, 0.1) is 12.1 Å². The summed E-state index contributed by atoms with van der Waals surface area (Å²) < 4.78 is 6.24. The first-order valence-electron chi connectivity index (χ1n) is 10.6. The van der Waals surface area contributed by atoms with Crippen LogP contribution in [0.3, 0.4) is 0 Å². The predicted octanol–water partition coefficient (Wildman–Crippen LogP) is 3.77. The molecule has 7 nitrogen and oxygen atoms in total. The summed E-state index contributed by atoms with van der Waals surface area (Å²) in [5.41, 5.74) is 2.14. The van der Waals surface area contributed by atoms with Crippen LogP contribution in [0.25, 0.3) is 11.1 Å². The zero-order valence-corrected chi connectivity index (χ0v) is 16.9. The van der Waals surface area contributed by atoms with E-state index in [1.165, 1.54) is 0 Å². The third-order valence-corrected chi connectivity index (χ3v) is 6.23. The SMILES string of the molecule is c1cncc(-c2ccc(NCC3CCC4(CC3)CN(c3cccnn3)CO4)nc2)c1. The molecule has 0 aromatic carbocycles. The Labute approximate surface area is 176 Å². The Kier molecular flexibility index (Phi) is 5.27. The van der Waals surface area contributed by atoms with Crippen LogP contribution in [0.4, 0.5) is 11.6 Å². The van der Waals surface area contributed by atoms with Gasteiger partial charge in [-0.15, -0.1) is 5.10 Å². The van der Waals surface area contributed by atoms with Crippen molar-refractivity contribution in [3.05, 3.63) is 61.2 Å². The average molecular weight is 403 g/mol. The Morgan fingerprint density at radius 3 is 2.63 bits per heavy atom. The Bertz CT molecular complexity index is 942. The molecular formula is C23H26N6O. The molecule has 5 rings (SSSR count). The van der Waals surface area contributed by atoms with E-state index in [-0.39, 0.29) is 5.60 Å². The molecule has 0 unspecified atom stereocenters. The molecule has 1 spiro atoms. The Hall–Kier alpha value is -3.06. The van der Waals surface area contributed by atoms with Crippen LogP contribution in [0.5, 0.6) is 0 Å². The normalized spacial score (nSPS) is 23.6. The van der Waals surface area contributed by atoms with Crippen LogP contribution in [-0.2, 0) is 4.74 Å². The fraction of sp³-hybridized carbons (Fsp3) is 0.391. The minimum Gasteiger partial charge on any atom is -0.370 e. The third-order valence-electron chi connectivity index (χ3n) is 6.23. The number of pyridine rings is 2. The summed E-state index contributed by atoms with van der Waals surface area (Å²) in [5, 5.41) is 11.7. The van der Waals surface area contributed by atoms with Gasteiger partial charge in [0, 0.05) is 42.5 Å². The van der Waals surface area contributed by atoms with E-state index >= 15 is 0 Å². The van der Waals surface area contributed by atoms with Gasteiger partial charge >= 0.3 is 0 Å². The van der Waals surface area contributed by atoms with Crippen LogP contribution in [0, 0.1) is 5.92 Å². The first kappa shape index (κ1) is 18.9. The van der Waals surface area contributed by atoms with Crippen molar-refractivity contribution >= 4 is 11.6 Å². The molecule has 4 heterocycles. The number of hydrogen-bond donors (Lipinski definition) is 1. The molecule has 0 bridgehead atoms. The molecule has 2 aliphatic rings. The molecule has 30 heavy (non-hydrogen) atoms. The summed E-state index contributed by atoms with van der Waals surface area (Å²) in [4.78, 5) is 10.9.